The molecule has 4 unspecified atom stereocenters. The molecule has 0 amide bonds. The molecule has 2 aliphatic carbocycles. The number of fused-ring (bicyclic) bond motifs is 2. The zero-order valence-corrected chi connectivity index (χ0v) is 14.2. The van der Waals surface area contributed by atoms with E-state index in [4.69, 9.17) is 9.31 Å². The van der Waals surface area contributed by atoms with Crippen LogP contribution < -0.4 is 0 Å². The third kappa shape index (κ3) is 2.09. The smallest absolute Gasteiger partial charge is 0.403 e. The Balaban J connectivity index is 1.66. The second-order valence-electron chi connectivity index (χ2n) is 8.47. The Morgan fingerprint density at radius 1 is 0.909 bits per heavy atom. The molecule has 3 heteroatoms. The van der Waals surface area contributed by atoms with Crippen molar-refractivity contribution >= 4 is 7.12 Å². The maximum atomic E-state index is 6.43. The summed E-state index contributed by atoms with van der Waals surface area (Å²) in [5.41, 5.74) is 1.04. The van der Waals surface area contributed by atoms with Crippen molar-refractivity contribution in [3.63, 3.8) is 0 Å². The van der Waals surface area contributed by atoms with Crippen LogP contribution in [0.5, 0.6) is 0 Å². The van der Waals surface area contributed by atoms with Crippen molar-refractivity contribution in [2.45, 2.75) is 69.9 Å². The molecule has 4 atom stereocenters. The minimum absolute atomic E-state index is 0.0505. The third-order valence-corrected chi connectivity index (χ3v) is 6.75. The molecule has 0 aromatic heterocycles. The van der Waals surface area contributed by atoms with Gasteiger partial charge in [0.25, 0.3) is 0 Å². The highest BCUT2D eigenvalue weighted by atomic mass is 16.7. The first-order chi connectivity index (χ1) is 10.4. The summed E-state index contributed by atoms with van der Waals surface area (Å²) in [4.78, 5) is 0. The van der Waals surface area contributed by atoms with Gasteiger partial charge in [0.15, 0.2) is 0 Å². The molecule has 118 valence electrons. The van der Waals surface area contributed by atoms with Crippen molar-refractivity contribution in [1.29, 1.82) is 0 Å². The molecule has 4 rings (SSSR count). The molecule has 1 saturated heterocycles. The molecule has 22 heavy (non-hydrogen) atoms. The minimum Gasteiger partial charge on any atom is -0.403 e. The Kier molecular flexibility index (Phi) is 3.26. The molecule has 2 saturated carbocycles. The first kappa shape index (κ1) is 14.8. The fourth-order valence-electron chi connectivity index (χ4n) is 4.94. The summed E-state index contributed by atoms with van der Waals surface area (Å²) in [6.45, 7) is 8.66. The fourth-order valence-corrected chi connectivity index (χ4v) is 4.94. The van der Waals surface area contributed by atoms with Gasteiger partial charge in [0.1, 0.15) is 0 Å². The maximum Gasteiger partial charge on any atom is 0.462 e. The molecule has 2 bridgehead atoms. The van der Waals surface area contributed by atoms with Crippen molar-refractivity contribution < 1.29 is 9.31 Å². The number of benzene rings is 1. The molecule has 0 spiro atoms. The SMILES string of the molecule is CC1(C)OB(C2C3CCC(C3)C2c2ccccc2)OC1(C)C. The van der Waals surface area contributed by atoms with E-state index in [1.165, 1.54) is 24.8 Å². The van der Waals surface area contributed by atoms with Gasteiger partial charge in [-0.25, -0.2) is 0 Å². The van der Waals surface area contributed by atoms with Crippen LogP contribution in [-0.4, -0.2) is 18.3 Å². The van der Waals surface area contributed by atoms with Gasteiger partial charge in [-0.2, -0.15) is 0 Å². The summed E-state index contributed by atoms with van der Waals surface area (Å²) in [5, 5.41) is 0. The monoisotopic (exact) mass is 298 g/mol. The van der Waals surface area contributed by atoms with Gasteiger partial charge in [-0.1, -0.05) is 36.8 Å². The van der Waals surface area contributed by atoms with Gasteiger partial charge in [0.2, 0.25) is 0 Å². The third-order valence-electron chi connectivity index (χ3n) is 6.75. The predicted octanol–water partition coefficient (Wildman–Crippen LogP) is 4.66. The summed E-state index contributed by atoms with van der Waals surface area (Å²) >= 11 is 0. The lowest BCUT2D eigenvalue weighted by Crippen LogP contribution is -2.41. The summed E-state index contributed by atoms with van der Waals surface area (Å²) in [6, 6.07) is 11.0. The van der Waals surface area contributed by atoms with Crippen molar-refractivity contribution in [3.05, 3.63) is 35.9 Å². The van der Waals surface area contributed by atoms with Gasteiger partial charge in [0.05, 0.1) is 11.2 Å². The minimum atomic E-state index is -0.221. The van der Waals surface area contributed by atoms with Crippen LogP contribution in [0.3, 0.4) is 0 Å². The van der Waals surface area contributed by atoms with Gasteiger partial charge in [-0.05, 0) is 63.9 Å². The number of rotatable bonds is 2. The van der Waals surface area contributed by atoms with E-state index in [-0.39, 0.29) is 18.3 Å². The van der Waals surface area contributed by atoms with Crippen LogP contribution in [-0.2, 0) is 9.31 Å². The summed E-state index contributed by atoms with van der Waals surface area (Å²) < 4.78 is 12.9. The largest absolute Gasteiger partial charge is 0.462 e. The van der Waals surface area contributed by atoms with Crippen molar-refractivity contribution in [1.82, 2.24) is 0 Å². The predicted molar refractivity (Wildman–Crippen MR) is 89.8 cm³/mol. The van der Waals surface area contributed by atoms with E-state index in [0.29, 0.717) is 11.7 Å². The number of hydrogen-bond acceptors (Lipinski definition) is 2. The first-order valence-corrected chi connectivity index (χ1v) is 8.80. The Bertz CT molecular complexity index is 538. The average molecular weight is 298 g/mol. The molecule has 0 radical (unpaired) electrons. The van der Waals surface area contributed by atoms with E-state index >= 15 is 0 Å². The zero-order valence-electron chi connectivity index (χ0n) is 14.2. The van der Waals surface area contributed by atoms with Crippen LogP contribution >= 0.6 is 0 Å². The lowest BCUT2D eigenvalue weighted by atomic mass is 9.57. The van der Waals surface area contributed by atoms with E-state index in [1.807, 2.05) is 0 Å². The van der Waals surface area contributed by atoms with Crippen LogP contribution in [0.2, 0.25) is 5.82 Å². The van der Waals surface area contributed by atoms with Crippen LogP contribution in [0.1, 0.15) is 58.4 Å². The Morgan fingerprint density at radius 2 is 1.50 bits per heavy atom. The van der Waals surface area contributed by atoms with Crippen LogP contribution in [0.15, 0.2) is 30.3 Å². The Morgan fingerprint density at radius 3 is 2.14 bits per heavy atom. The normalized spacial score (nSPS) is 38.6. The van der Waals surface area contributed by atoms with Gasteiger partial charge in [-0.15, -0.1) is 0 Å². The molecule has 2 nitrogen and oxygen atoms in total. The van der Waals surface area contributed by atoms with Gasteiger partial charge >= 0.3 is 7.12 Å². The second-order valence-corrected chi connectivity index (χ2v) is 8.47. The molecule has 1 aliphatic heterocycles. The van der Waals surface area contributed by atoms with E-state index in [1.54, 1.807) is 0 Å². The first-order valence-electron chi connectivity index (χ1n) is 8.80. The molecule has 1 aromatic carbocycles. The van der Waals surface area contributed by atoms with Gasteiger partial charge < -0.3 is 9.31 Å². The highest BCUT2D eigenvalue weighted by Crippen LogP contribution is 2.62. The lowest BCUT2D eigenvalue weighted by Gasteiger charge is -2.32. The highest BCUT2D eigenvalue weighted by Gasteiger charge is 2.61. The van der Waals surface area contributed by atoms with Gasteiger partial charge in [-0.3, -0.25) is 0 Å². The van der Waals surface area contributed by atoms with E-state index in [2.05, 4.69) is 58.0 Å². The summed E-state index contributed by atoms with van der Waals surface area (Å²) in [7, 11) is -0.0505. The molecule has 1 heterocycles. The van der Waals surface area contributed by atoms with Crippen molar-refractivity contribution in [3.8, 4) is 0 Å². The van der Waals surface area contributed by atoms with Gasteiger partial charge in [0, 0.05) is 5.82 Å². The molecule has 0 N–H and O–H groups in total. The Labute approximate surface area is 134 Å². The molecule has 1 aromatic rings. The standard InChI is InChI=1S/C19H27BO2/c1-18(2)19(3,4)22-20(21-18)17-15-11-10-14(12-15)16(17)13-8-6-5-7-9-13/h5-9,14-17H,10-12H2,1-4H3. The quantitative estimate of drug-likeness (QED) is 0.739. The Hall–Kier alpha value is -0.795. The van der Waals surface area contributed by atoms with Crippen LogP contribution in [0, 0.1) is 11.8 Å². The van der Waals surface area contributed by atoms with E-state index in [0.717, 1.165) is 11.8 Å². The fraction of sp³-hybridized carbons (Fsp3) is 0.684. The highest BCUT2D eigenvalue weighted by molar-refractivity contribution is 6.48. The van der Waals surface area contributed by atoms with E-state index in [9.17, 15) is 0 Å². The lowest BCUT2D eigenvalue weighted by molar-refractivity contribution is 0.00578. The zero-order chi connectivity index (χ0) is 15.5. The average Bonchev–Trinajstić information content (AvgIpc) is 3.12. The maximum absolute atomic E-state index is 6.43. The van der Waals surface area contributed by atoms with Crippen LogP contribution in [0.4, 0.5) is 0 Å². The van der Waals surface area contributed by atoms with E-state index < -0.39 is 0 Å². The van der Waals surface area contributed by atoms with Crippen molar-refractivity contribution in [2.75, 3.05) is 0 Å². The summed E-state index contributed by atoms with van der Waals surface area (Å²) in [5.74, 6) is 2.71. The molecule has 3 fully saturated rings. The molecular formula is C19H27BO2. The summed E-state index contributed by atoms with van der Waals surface area (Å²) in [6.07, 6.45) is 4.08. The second kappa shape index (κ2) is 4.85. The topological polar surface area (TPSA) is 18.5 Å². The van der Waals surface area contributed by atoms with Crippen molar-refractivity contribution in [2.24, 2.45) is 11.8 Å². The molecule has 3 aliphatic rings. The molecular weight excluding hydrogens is 271 g/mol. The number of hydrogen-bond donors (Lipinski definition) is 0. The van der Waals surface area contributed by atoms with Crippen LogP contribution in [0.25, 0.3) is 0 Å².